The number of carbonyl (C=O) groups is 4. The van der Waals surface area contributed by atoms with Gasteiger partial charge in [-0.2, -0.15) is 0 Å². The van der Waals surface area contributed by atoms with Crippen molar-refractivity contribution in [2.24, 2.45) is 11.8 Å². The quantitative estimate of drug-likeness (QED) is 0.248. The molecular formula is C34H44ClN3O6. The van der Waals surface area contributed by atoms with E-state index in [0.29, 0.717) is 24.4 Å². The third-order valence-corrected chi connectivity index (χ3v) is 9.23. The topological polar surface area (TPSA) is 134 Å². The molecule has 2 fully saturated rings. The summed E-state index contributed by atoms with van der Waals surface area (Å²) in [6, 6.07) is 14.8. The van der Waals surface area contributed by atoms with Crippen LogP contribution >= 0.6 is 11.6 Å². The fourth-order valence-electron chi connectivity index (χ4n) is 6.38. The summed E-state index contributed by atoms with van der Waals surface area (Å²) in [6.07, 6.45) is 4.66. The minimum absolute atomic E-state index is 0.0848. The van der Waals surface area contributed by atoms with Gasteiger partial charge in [0.05, 0.1) is 6.04 Å². The van der Waals surface area contributed by atoms with Gasteiger partial charge < -0.3 is 25.8 Å². The fraction of sp³-hybridized carbons (Fsp3) is 0.529. The van der Waals surface area contributed by atoms with Gasteiger partial charge in [-0.3, -0.25) is 14.4 Å². The van der Waals surface area contributed by atoms with Crippen molar-refractivity contribution < 1.29 is 29.0 Å². The van der Waals surface area contributed by atoms with Crippen LogP contribution in [0, 0.1) is 11.8 Å². The van der Waals surface area contributed by atoms with Crippen LogP contribution in [0.2, 0.25) is 5.02 Å². The number of hydrogen-bond donors (Lipinski definition) is 4. The highest BCUT2D eigenvalue weighted by molar-refractivity contribution is 6.30. The third-order valence-electron chi connectivity index (χ3n) is 9.00. The lowest BCUT2D eigenvalue weighted by Gasteiger charge is -2.35. The zero-order valence-corrected chi connectivity index (χ0v) is 26.3. The van der Waals surface area contributed by atoms with Gasteiger partial charge in [-0.05, 0) is 48.4 Å². The second-order valence-corrected chi connectivity index (χ2v) is 13.0. The molecule has 0 spiro atoms. The summed E-state index contributed by atoms with van der Waals surface area (Å²) >= 11 is 6.31. The zero-order valence-electron chi connectivity index (χ0n) is 25.5. The molecule has 0 aromatic heterocycles. The first-order valence-electron chi connectivity index (χ1n) is 15.6. The predicted molar refractivity (Wildman–Crippen MR) is 168 cm³/mol. The van der Waals surface area contributed by atoms with Crippen molar-refractivity contribution in [3.63, 3.8) is 0 Å². The Morgan fingerprint density at radius 3 is 2.34 bits per heavy atom. The molecule has 1 saturated carbocycles. The molecule has 0 bridgehead atoms. The zero-order chi connectivity index (χ0) is 31.7. The van der Waals surface area contributed by atoms with Crippen LogP contribution in [-0.2, 0) is 24.5 Å². The van der Waals surface area contributed by atoms with Crippen LogP contribution in [0.1, 0.15) is 82.4 Å². The number of benzene rings is 2. The number of Topliss-reactive ketones (excluding diaryl/α,β-unsaturated/α-hetero) is 1. The molecule has 1 saturated heterocycles. The average Bonchev–Trinajstić information content (AvgIpc) is 3.43. The van der Waals surface area contributed by atoms with Crippen LogP contribution in [-0.4, -0.2) is 54.0 Å². The molecule has 2 aliphatic rings. The highest BCUT2D eigenvalue weighted by Crippen LogP contribution is 2.40. The normalized spacial score (nSPS) is 19.4. The summed E-state index contributed by atoms with van der Waals surface area (Å²) in [5.74, 6) is -1.51. The molecule has 3 amide bonds. The van der Waals surface area contributed by atoms with Gasteiger partial charge in [0.15, 0.2) is 5.78 Å². The second-order valence-electron chi connectivity index (χ2n) is 12.6. The van der Waals surface area contributed by atoms with Gasteiger partial charge in [-0.1, -0.05) is 100 Å². The van der Waals surface area contributed by atoms with Crippen molar-refractivity contribution >= 4 is 35.3 Å². The minimum atomic E-state index is -1.05. The number of amides is 3. The summed E-state index contributed by atoms with van der Waals surface area (Å²) in [5, 5.41) is 18.5. The van der Waals surface area contributed by atoms with E-state index in [1.807, 2.05) is 62.4 Å². The molecule has 44 heavy (non-hydrogen) atoms. The van der Waals surface area contributed by atoms with Crippen molar-refractivity contribution in [1.29, 1.82) is 0 Å². The van der Waals surface area contributed by atoms with Gasteiger partial charge in [-0.15, -0.1) is 0 Å². The molecule has 1 aliphatic carbocycles. The molecule has 1 aliphatic heterocycles. The van der Waals surface area contributed by atoms with Crippen LogP contribution in [0.5, 0.6) is 0 Å². The maximum Gasteiger partial charge on any atom is 0.408 e. The van der Waals surface area contributed by atoms with Gasteiger partial charge in [-0.25, -0.2) is 4.79 Å². The Bertz CT molecular complexity index is 1300. The third kappa shape index (κ3) is 8.82. The number of alkyl carbamates (subject to hydrolysis) is 1. The van der Waals surface area contributed by atoms with E-state index in [9.17, 15) is 24.3 Å². The van der Waals surface area contributed by atoms with Crippen LogP contribution < -0.4 is 16.0 Å². The molecule has 9 nitrogen and oxygen atoms in total. The summed E-state index contributed by atoms with van der Waals surface area (Å²) in [6.45, 7) is 3.68. The first kappa shape index (κ1) is 33.5. The summed E-state index contributed by atoms with van der Waals surface area (Å²) < 4.78 is 6.13. The molecule has 4 atom stereocenters. The lowest BCUT2D eigenvalue weighted by Crippen LogP contribution is -2.53. The highest BCUT2D eigenvalue weighted by atomic mass is 35.5. The lowest BCUT2D eigenvalue weighted by atomic mass is 9.76. The molecule has 238 valence electrons. The van der Waals surface area contributed by atoms with E-state index < -0.39 is 53.9 Å². The Balaban J connectivity index is 1.55. The SMILES string of the molecule is CC(C)(c1cccc(Cl)c1)C(OC(=O)N[C@@H](CC1CCCCC1)C(=O)N[C@@H](C[C@@H]1CCNC1=O)C(=O)CO)c1ccccc1. The van der Waals surface area contributed by atoms with Gasteiger partial charge in [0.25, 0.3) is 0 Å². The number of aliphatic hydroxyl groups is 1. The van der Waals surface area contributed by atoms with E-state index in [1.165, 1.54) is 0 Å². The lowest BCUT2D eigenvalue weighted by molar-refractivity contribution is -0.131. The molecule has 4 rings (SSSR count). The predicted octanol–water partition coefficient (Wildman–Crippen LogP) is 5.00. The molecule has 1 heterocycles. The van der Waals surface area contributed by atoms with Crippen molar-refractivity contribution in [1.82, 2.24) is 16.0 Å². The van der Waals surface area contributed by atoms with Crippen LogP contribution in [0.4, 0.5) is 4.79 Å². The van der Waals surface area contributed by atoms with Gasteiger partial charge in [0.2, 0.25) is 11.8 Å². The number of ketones is 1. The molecule has 10 heteroatoms. The Hall–Kier alpha value is -3.43. The first-order valence-corrected chi connectivity index (χ1v) is 16.0. The van der Waals surface area contributed by atoms with E-state index >= 15 is 0 Å². The number of rotatable bonds is 13. The Labute approximate surface area is 264 Å². The summed E-state index contributed by atoms with van der Waals surface area (Å²) in [5.41, 5.74) is 0.972. The number of ether oxygens (including phenoxy) is 1. The van der Waals surface area contributed by atoms with E-state index in [-0.39, 0.29) is 18.2 Å². The van der Waals surface area contributed by atoms with Gasteiger partial charge in [0.1, 0.15) is 18.8 Å². The van der Waals surface area contributed by atoms with E-state index in [4.69, 9.17) is 16.3 Å². The van der Waals surface area contributed by atoms with Crippen molar-refractivity contribution in [3.05, 3.63) is 70.7 Å². The monoisotopic (exact) mass is 625 g/mol. The molecule has 4 N–H and O–H groups in total. The van der Waals surface area contributed by atoms with Gasteiger partial charge >= 0.3 is 6.09 Å². The maximum atomic E-state index is 13.7. The number of hydrogen-bond acceptors (Lipinski definition) is 6. The second kappa shape index (κ2) is 15.5. The Morgan fingerprint density at radius 2 is 1.70 bits per heavy atom. The number of halogens is 1. The van der Waals surface area contributed by atoms with Crippen LogP contribution in [0.15, 0.2) is 54.6 Å². The average molecular weight is 626 g/mol. The molecule has 2 aromatic rings. The smallest absolute Gasteiger partial charge is 0.408 e. The summed E-state index contributed by atoms with van der Waals surface area (Å²) in [7, 11) is 0. The minimum Gasteiger partial charge on any atom is -0.440 e. The van der Waals surface area contributed by atoms with Crippen LogP contribution in [0.3, 0.4) is 0 Å². The molecule has 2 aromatic carbocycles. The van der Waals surface area contributed by atoms with Crippen LogP contribution in [0.25, 0.3) is 0 Å². The highest BCUT2D eigenvalue weighted by Gasteiger charge is 2.38. The van der Waals surface area contributed by atoms with Crippen molar-refractivity contribution in [2.75, 3.05) is 13.2 Å². The van der Waals surface area contributed by atoms with Gasteiger partial charge in [0, 0.05) is 22.9 Å². The molecular weight excluding hydrogens is 582 g/mol. The van der Waals surface area contributed by atoms with Crippen molar-refractivity contribution in [2.45, 2.75) is 88.8 Å². The Morgan fingerprint density at radius 1 is 0.977 bits per heavy atom. The molecule has 0 radical (unpaired) electrons. The number of nitrogens with one attached hydrogen (secondary N) is 3. The summed E-state index contributed by atoms with van der Waals surface area (Å²) in [4.78, 5) is 52.2. The molecule has 1 unspecified atom stereocenters. The standard InChI is InChI=1S/C34H44ClN3O6/c1-34(2,25-14-9-15-26(35)20-25)30(23-12-7-4-8-13-23)44-33(43)38-28(18-22-10-5-3-6-11-22)32(42)37-27(29(40)21-39)19-24-16-17-36-31(24)41/h4,7-9,12-15,20,22,24,27-28,30,39H,3,5-6,10-11,16-19,21H2,1-2H3,(H,36,41)(H,37,42)(H,38,43)/t24-,27-,28-,30?/m0/s1. The Kier molecular flexibility index (Phi) is 11.8. The number of aliphatic hydroxyl groups excluding tert-OH is 1. The van der Waals surface area contributed by atoms with E-state index in [0.717, 1.165) is 43.2 Å². The fourth-order valence-corrected chi connectivity index (χ4v) is 6.57. The number of carbonyl (C=O) groups excluding carboxylic acids is 4. The van der Waals surface area contributed by atoms with E-state index in [1.54, 1.807) is 6.07 Å². The maximum absolute atomic E-state index is 13.7. The first-order chi connectivity index (χ1) is 21.1. The van der Waals surface area contributed by atoms with E-state index in [2.05, 4.69) is 16.0 Å². The largest absolute Gasteiger partial charge is 0.440 e. The van der Waals surface area contributed by atoms with Crippen molar-refractivity contribution in [3.8, 4) is 0 Å².